The van der Waals surface area contributed by atoms with Crippen LogP contribution in [-0.2, 0) is 4.74 Å². The largest absolute Gasteiger partial charge is 0.497 e. The average Bonchev–Trinajstić information content (AvgIpc) is 3.28. The molecular weight excluding hydrogens is 344 g/mol. The second-order valence-electron chi connectivity index (χ2n) is 6.85. The smallest absolute Gasteiger partial charge is 0.343 e. The molecule has 27 heavy (non-hydrogen) atoms. The van der Waals surface area contributed by atoms with Gasteiger partial charge in [0.1, 0.15) is 17.0 Å². The van der Waals surface area contributed by atoms with Crippen LogP contribution in [0.1, 0.15) is 42.5 Å². The molecule has 0 spiro atoms. The summed E-state index contributed by atoms with van der Waals surface area (Å²) < 4.78 is 12.0. The lowest BCUT2D eigenvalue weighted by Gasteiger charge is -2.23. The number of ether oxygens (including phenoxy) is 2. The number of imidazole rings is 1. The molecule has 2 heterocycles. The van der Waals surface area contributed by atoms with Gasteiger partial charge in [-0.15, -0.1) is 0 Å². The lowest BCUT2D eigenvalue weighted by molar-refractivity contribution is 0.0602. The summed E-state index contributed by atoms with van der Waals surface area (Å²) in [5, 5.41) is 6.80. The Kier molecular flexibility index (Phi) is 4.75. The molecule has 0 radical (unpaired) electrons. The van der Waals surface area contributed by atoms with Crippen LogP contribution in [-0.4, -0.2) is 40.8 Å². The number of nitrogens with zero attached hydrogens (tertiary/aromatic N) is 2. The van der Waals surface area contributed by atoms with Crippen LogP contribution < -0.4 is 10.1 Å². The number of hydrogen-bond donors (Lipinski definition) is 2. The minimum absolute atomic E-state index is 0.403. The first-order valence-electron chi connectivity index (χ1n) is 9.30. The Balaban J connectivity index is 1.80. The van der Waals surface area contributed by atoms with E-state index in [0.29, 0.717) is 17.3 Å². The molecule has 0 unspecified atom stereocenters. The Labute approximate surface area is 157 Å². The molecule has 1 fully saturated rings. The van der Waals surface area contributed by atoms with E-state index in [1.54, 1.807) is 13.3 Å². The molecule has 7 heteroatoms. The molecule has 4 rings (SSSR count). The van der Waals surface area contributed by atoms with Crippen molar-refractivity contribution in [1.82, 2.24) is 14.6 Å². The molecule has 2 aromatic heterocycles. The molecule has 0 saturated heterocycles. The second-order valence-corrected chi connectivity index (χ2v) is 6.85. The molecule has 0 aliphatic heterocycles. The SMILES string of the molecule is COC(=O)c1c[nH]n2c(NC3CCCCC3)c(-c3ccc(OC)cc3)nc12. The van der Waals surface area contributed by atoms with Crippen LogP contribution in [0.25, 0.3) is 16.9 Å². The van der Waals surface area contributed by atoms with Crippen molar-refractivity contribution < 1.29 is 14.3 Å². The van der Waals surface area contributed by atoms with Gasteiger partial charge >= 0.3 is 5.97 Å². The summed E-state index contributed by atoms with van der Waals surface area (Å²) in [6.07, 6.45) is 7.67. The monoisotopic (exact) mass is 368 g/mol. The third-order valence-corrected chi connectivity index (χ3v) is 5.17. The first-order chi connectivity index (χ1) is 13.2. The molecule has 142 valence electrons. The van der Waals surface area contributed by atoms with Gasteiger partial charge in [-0.05, 0) is 37.1 Å². The number of carbonyl (C=O) groups is 1. The maximum atomic E-state index is 12.1. The Morgan fingerprint density at radius 2 is 1.93 bits per heavy atom. The van der Waals surface area contributed by atoms with Gasteiger partial charge < -0.3 is 14.8 Å². The second kappa shape index (κ2) is 7.34. The van der Waals surface area contributed by atoms with Crippen molar-refractivity contribution in [3.05, 3.63) is 36.0 Å². The van der Waals surface area contributed by atoms with Crippen molar-refractivity contribution in [2.75, 3.05) is 19.5 Å². The minimum Gasteiger partial charge on any atom is -0.497 e. The molecular formula is C20H24N4O3. The van der Waals surface area contributed by atoms with E-state index in [1.165, 1.54) is 26.4 Å². The summed E-state index contributed by atoms with van der Waals surface area (Å²) >= 11 is 0. The van der Waals surface area contributed by atoms with E-state index < -0.39 is 5.97 Å². The van der Waals surface area contributed by atoms with Gasteiger partial charge in [-0.2, -0.15) is 0 Å². The summed E-state index contributed by atoms with van der Waals surface area (Å²) in [5.41, 5.74) is 2.75. The maximum absolute atomic E-state index is 12.1. The highest BCUT2D eigenvalue weighted by molar-refractivity contribution is 5.97. The Bertz CT molecular complexity index is 936. The Morgan fingerprint density at radius 1 is 1.19 bits per heavy atom. The highest BCUT2D eigenvalue weighted by Gasteiger charge is 2.24. The van der Waals surface area contributed by atoms with Gasteiger partial charge in [-0.3, -0.25) is 5.10 Å². The van der Waals surface area contributed by atoms with Gasteiger partial charge in [0.2, 0.25) is 0 Å². The average molecular weight is 368 g/mol. The van der Waals surface area contributed by atoms with E-state index in [-0.39, 0.29) is 0 Å². The van der Waals surface area contributed by atoms with Crippen molar-refractivity contribution in [1.29, 1.82) is 0 Å². The number of H-pyrrole nitrogens is 1. The van der Waals surface area contributed by atoms with Crippen molar-refractivity contribution in [3.8, 4) is 17.0 Å². The van der Waals surface area contributed by atoms with Crippen LogP contribution in [0.2, 0.25) is 0 Å². The normalized spacial score (nSPS) is 15.0. The van der Waals surface area contributed by atoms with Crippen LogP contribution >= 0.6 is 0 Å². The summed E-state index contributed by atoms with van der Waals surface area (Å²) in [5.74, 6) is 1.26. The molecule has 1 aromatic carbocycles. The van der Waals surface area contributed by atoms with Crippen molar-refractivity contribution in [2.45, 2.75) is 38.1 Å². The number of esters is 1. The van der Waals surface area contributed by atoms with Gasteiger partial charge in [-0.1, -0.05) is 19.3 Å². The lowest BCUT2D eigenvalue weighted by atomic mass is 9.95. The lowest BCUT2D eigenvalue weighted by Crippen LogP contribution is -2.23. The number of benzene rings is 1. The molecule has 0 bridgehead atoms. The quantitative estimate of drug-likeness (QED) is 0.668. The van der Waals surface area contributed by atoms with Crippen molar-refractivity contribution >= 4 is 17.4 Å². The van der Waals surface area contributed by atoms with Crippen LogP contribution in [0.3, 0.4) is 0 Å². The van der Waals surface area contributed by atoms with E-state index in [0.717, 1.165) is 35.7 Å². The van der Waals surface area contributed by atoms with Crippen molar-refractivity contribution in [2.24, 2.45) is 0 Å². The number of carbonyl (C=O) groups excluding carboxylic acids is 1. The third-order valence-electron chi connectivity index (χ3n) is 5.17. The number of nitrogens with one attached hydrogen (secondary N) is 2. The summed E-state index contributed by atoms with van der Waals surface area (Å²) in [6, 6.07) is 8.18. The molecule has 1 aliphatic carbocycles. The van der Waals surface area contributed by atoms with Crippen molar-refractivity contribution in [3.63, 3.8) is 0 Å². The van der Waals surface area contributed by atoms with Gasteiger partial charge in [-0.25, -0.2) is 14.3 Å². The molecule has 1 saturated carbocycles. The fourth-order valence-corrected chi connectivity index (χ4v) is 3.70. The maximum Gasteiger partial charge on any atom is 0.343 e. The fourth-order valence-electron chi connectivity index (χ4n) is 3.70. The molecule has 3 aromatic rings. The predicted octanol–water partition coefficient (Wildman–Crippen LogP) is 3.87. The highest BCUT2D eigenvalue weighted by Crippen LogP contribution is 2.33. The van der Waals surface area contributed by atoms with Crippen LogP contribution in [0.5, 0.6) is 5.75 Å². The molecule has 1 aliphatic rings. The van der Waals surface area contributed by atoms with E-state index >= 15 is 0 Å². The molecule has 2 N–H and O–H groups in total. The number of aromatic amines is 1. The van der Waals surface area contributed by atoms with E-state index in [1.807, 2.05) is 28.8 Å². The first-order valence-corrected chi connectivity index (χ1v) is 9.30. The number of rotatable bonds is 5. The Hall–Kier alpha value is -2.96. The van der Waals surface area contributed by atoms with E-state index in [9.17, 15) is 4.79 Å². The number of methoxy groups -OCH3 is 2. The fraction of sp³-hybridized carbons (Fsp3) is 0.400. The highest BCUT2D eigenvalue weighted by atomic mass is 16.5. The predicted molar refractivity (Wildman–Crippen MR) is 103 cm³/mol. The molecule has 0 amide bonds. The number of anilines is 1. The zero-order valence-corrected chi connectivity index (χ0v) is 15.6. The molecule has 0 atom stereocenters. The van der Waals surface area contributed by atoms with Crippen LogP contribution in [0.4, 0.5) is 5.82 Å². The zero-order chi connectivity index (χ0) is 18.8. The summed E-state index contributed by atoms with van der Waals surface area (Å²) in [7, 11) is 3.02. The summed E-state index contributed by atoms with van der Waals surface area (Å²) in [4.78, 5) is 16.8. The number of aromatic nitrogens is 3. The number of hydrogen-bond acceptors (Lipinski definition) is 5. The first kappa shape index (κ1) is 17.5. The van der Waals surface area contributed by atoms with Gasteiger partial charge in [0.15, 0.2) is 11.5 Å². The van der Waals surface area contributed by atoms with Gasteiger partial charge in [0.25, 0.3) is 0 Å². The molecule has 7 nitrogen and oxygen atoms in total. The van der Waals surface area contributed by atoms with E-state index in [4.69, 9.17) is 14.5 Å². The van der Waals surface area contributed by atoms with Gasteiger partial charge in [0.05, 0.1) is 14.2 Å². The standard InChI is InChI=1S/C20H24N4O3/c1-26-15-10-8-13(9-11-15)17-19(22-14-6-4-3-5-7-14)24-18(23-17)16(12-21-24)20(25)27-2/h8-12,14,21-22H,3-7H2,1-2H3. The van der Waals surface area contributed by atoms with E-state index in [2.05, 4.69) is 10.4 Å². The Morgan fingerprint density at radius 3 is 2.59 bits per heavy atom. The van der Waals surface area contributed by atoms with Crippen LogP contribution in [0.15, 0.2) is 30.5 Å². The van der Waals surface area contributed by atoms with Crippen LogP contribution in [0, 0.1) is 0 Å². The third kappa shape index (κ3) is 3.25. The topological polar surface area (TPSA) is 80.7 Å². The zero-order valence-electron chi connectivity index (χ0n) is 15.6. The summed E-state index contributed by atoms with van der Waals surface area (Å²) in [6.45, 7) is 0. The van der Waals surface area contributed by atoms with Gasteiger partial charge in [0, 0.05) is 17.8 Å². The minimum atomic E-state index is -0.406. The number of fused-ring (bicyclic) bond motifs is 1.